The number of carbonyl (C=O) groups excluding carboxylic acids is 1. The van der Waals surface area contributed by atoms with Crippen LogP contribution in [0, 0.1) is 6.92 Å². The number of aliphatic hydroxyl groups is 1. The van der Waals surface area contributed by atoms with Crippen molar-refractivity contribution in [3.8, 4) is 0 Å². The highest BCUT2D eigenvalue weighted by Crippen LogP contribution is 2.35. The number of para-hydroxylation sites is 2. The number of Topliss-reactive ketones (excluding diaryl/α,β-unsaturated/α-hetero) is 1. The second kappa shape index (κ2) is 9.51. The lowest BCUT2D eigenvalue weighted by Gasteiger charge is -2.19. The zero-order valence-electron chi connectivity index (χ0n) is 18.1. The summed E-state index contributed by atoms with van der Waals surface area (Å²) in [5.74, 6) is 0.0432. The normalized spacial score (nSPS) is 12.0. The minimum absolute atomic E-state index is 0.0432. The maximum atomic E-state index is 12.9. The van der Waals surface area contributed by atoms with E-state index in [0.717, 1.165) is 28.6 Å². The van der Waals surface area contributed by atoms with E-state index in [1.807, 2.05) is 56.3 Å². The summed E-state index contributed by atoms with van der Waals surface area (Å²) in [5.41, 5.74) is 5.32. The van der Waals surface area contributed by atoms with Gasteiger partial charge in [-0.3, -0.25) is 9.78 Å². The molecule has 0 spiro atoms. The highest BCUT2D eigenvalue weighted by Gasteiger charge is 2.20. The maximum Gasteiger partial charge on any atom is 0.166 e. The van der Waals surface area contributed by atoms with Gasteiger partial charge in [0.15, 0.2) is 5.78 Å². The molecule has 0 amide bonds. The number of nitrogens with zero attached hydrogens (tertiary/aromatic N) is 1. The van der Waals surface area contributed by atoms with Gasteiger partial charge in [0.25, 0.3) is 0 Å². The number of halogens is 1. The molecule has 32 heavy (non-hydrogen) atoms. The minimum Gasteiger partial charge on any atom is -0.384 e. The summed E-state index contributed by atoms with van der Waals surface area (Å²) < 4.78 is 0. The first-order chi connectivity index (χ1) is 15.5. The first-order valence-electron chi connectivity index (χ1n) is 10.7. The summed E-state index contributed by atoms with van der Waals surface area (Å²) in [7, 11) is 0. The Morgan fingerprint density at radius 1 is 1.06 bits per heavy atom. The van der Waals surface area contributed by atoms with Crippen molar-refractivity contribution in [1.29, 1.82) is 0 Å². The van der Waals surface area contributed by atoms with E-state index in [2.05, 4.69) is 10.3 Å². The molecule has 1 atom stereocenters. The lowest BCUT2D eigenvalue weighted by molar-refractivity contribution is 0.0982. The number of hydrogen-bond donors (Lipinski definition) is 2. The van der Waals surface area contributed by atoms with E-state index in [0.29, 0.717) is 33.8 Å². The first-order valence-corrected chi connectivity index (χ1v) is 11.1. The maximum absolute atomic E-state index is 12.9. The summed E-state index contributed by atoms with van der Waals surface area (Å²) in [6.45, 7) is 4.01. The molecule has 1 unspecified atom stereocenters. The highest BCUT2D eigenvalue weighted by atomic mass is 35.5. The summed E-state index contributed by atoms with van der Waals surface area (Å²) in [6, 6.07) is 20.7. The number of benzene rings is 3. The van der Waals surface area contributed by atoms with Gasteiger partial charge in [-0.2, -0.15) is 0 Å². The lowest BCUT2D eigenvalue weighted by Crippen LogP contribution is -2.08. The molecule has 3 aromatic carbocycles. The van der Waals surface area contributed by atoms with E-state index in [-0.39, 0.29) is 5.78 Å². The number of rotatable bonds is 7. The largest absolute Gasteiger partial charge is 0.384 e. The van der Waals surface area contributed by atoms with Gasteiger partial charge in [-0.05, 0) is 42.7 Å². The average molecular weight is 445 g/mol. The lowest BCUT2D eigenvalue weighted by atomic mass is 9.96. The van der Waals surface area contributed by atoms with Gasteiger partial charge < -0.3 is 10.4 Å². The molecule has 0 saturated carbocycles. The Labute approximate surface area is 192 Å². The minimum atomic E-state index is -0.869. The number of aromatic nitrogens is 1. The van der Waals surface area contributed by atoms with Gasteiger partial charge >= 0.3 is 0 Å². The quantitative estimate of drug-likeness (QED) is 0.301. The van der Waals surface area contributed by atoms with Gasteiger partial charge in [-0.25, -0.2) is 0 Å². The third-order valence-electron chi connectivity index (χ3n) is 5.59. The van der Waals surface area contributed by atoms with Crippen LogP contribution in [0.1, 0.15) is 52.9 Å². The van der Waals surface area contributed by atoms with Crippen LogP contribution in [0.25, 0.3) is 10.9 Å². The molecule has 0 bridgehead atoms. The smallest absolute Gasteiger partial charge is 0.166 e. The highest BCUT2D eigenvalue weighted by molar-refractivity contribution is 6.30. The monoisotopic (exact) mass is 444 g/mol. The second-order valence-electron chi connectivity index (χ2n) is 7.86. The van der Waals surface area contributed by atoms with Crippen LogP contribution in [0.15, 0.2) is 72.9 Å². The van der Waals surface area contributed by atoms with Crippen LogP contribution in [0.3, 0.4) is 0 Å². The van der Waals surface area contributed by atoms with Gasteiger partial charge in [0, 0.05) is 34.3 Å². The van der Waals surface area contributed by atoms with Crippen molar-refractivity contribution in [2.45, 2.75) is 32.8 Å². The molecule has 0 aliphatic carbocycles. The third kappa shape index (κ3) is 4.38. The number of aliphatic hydroxyl groups excluding tert-OH is 1. The van der Waals surface area contributed by atoms with E-state index in [1.54, 1.807) is 30.5 Å². The van der Waals surface area contributed by atoms with Crippen LogP contribution in [0.2, 0.25) is 5.02 Å². The third-order valence-corrected chi connectivity index (χ3v) is 5.84. The van der Waals surface area contributed by atoms with Gasteiger partial charge in [0.2, 0.25) is 0 Å². The van der Waals surface area contributed by atoms with Crippen molar-refractivity contribution in [2.24, 2.45) is 0 Å². The van der Waals surface area contributed by atoms with Gasteiger partial charge in [0.1, 0.15) is 6.10 Å². The number of nitrogens with one attached hydrogen (secondary N) is 1. The van der Waals surface area contributed by atoms with E-state index >= 15 is 0 Å². The van der Waals surface area contributed by atoms with Gasteiger partial charge in [-0.1, -0.05) is 67.1 Å². The Morgan fingerprint density at radius 2 is 1.81 bits per heavy atom. The van der Waals surface area contributed by atoms with E-state index in [9.17, 15) is 9.90 Å². The Hall–Kier alpha value is -3.21. The number of carbonyl (C=O) groups is 1. The average Bonchev–Trinajstić information content (AvgIpc) is 2.80. The Bertz CT molecular complexity index is 1270. The SMILES string of the molecule is CCCC(=O)c1cnc2c(C(O)c3ccc(Cl)cc3)cccc2c1Nc1ccccc1C. The Kier molecular flexibility index (Phi) is 6.54. The van der Waals surface area contributed by atoms with Crippen molar-refractivity contribution in [1.82, 2.24) is 4.98 Å². The number of ketones is 1. The van der Waals surface area contributed by atoms with Gasteiger partial charge in [0.05, 0.1) is 16.8 Å². The number of fused-ring (bicyclic) bond motifs is 1. The molecule has 162 valence electrons. The van der Waals surface area contributed by atoms with Crippen LogP contribution in [0.4, 0.5) is 11.4 Å². The van der Waals surface area contributed by atoms with Crippen molar-refractivity contribution < 1.29 is 9.90 Å². The molecular formula is C27H25ClN2O2. The number of hydrogen-bond acceptors (Lipinski definition) is 4. The van der Waals surface area contributed by atoms with Crippen LogP contribution in [-0.2, 0) is 0 Å². The predicted molar refractivity (Wildman–Crippen MR) is 131 cm³/mol. The predicted octanol–water partition coefficient (Wildman–Crippen LogP) is 7.00. The molecule has 4 nitrogen and oxygen atoms in total. The number of aryl methyl sites for hydroxylation is 1. The van der Waals surface area contributed by atoms with Crippen LogP contribution in [-0.4, -0.2) is 15.9 Å². The molecule has 2 N–H and O–H groups in total. The second-order valence-corrected chi connectivity index (χ2v) is 8.29. The zero-order chi connectivity index (χ0) is 22.7. The molecule has 0 aliphatic rings. The Morgan fingerprint density at radius 3 is 2.53 bits per heavy atom. The van der Waals surface area contributed by atoms with E-state index in [1.165, 1.54) is 0 Å². The molecule has 0 radical (unpaired) electrons. The number of pyridine rings is 1. The molecule has 4 aromatic rings. The summed E-state index contributed by atoms with van der Waals surface area (Å²) in [6.07, 6.45) is 1.96. The molecule has 0 saturated heterocycles. The molecule has 0 fully saturated rings. The summed E-state index contributed by atoms with van der Waals surface area (Å²) >= 11 is 6.01. The fraction of sp³-hybridized carbons (Fsp3) is 0.185. The molecule has 1 aromatic heterocycles. The molecule has 1 heterocycles. The fourth-order valence-corrected chi connectivity index (χ4v) is 3.97. The fourth-order valence-electron chi connectivity index (χ4n) is 3.85. The molecule has 4 rings (SSSR count). The van der Waals surface area contributed by atoms with E-state index < -0.39 is 6.10 Å². The van der Waals surface area contributed by atoms with Crippen LogP contribution < -0.4 is 5.32 Å². The van der Waals surface area contributed by atoms with Gasteiger partial charge in [-0.15, -0.1) is 0 Å². The van der Waals surface area contributed by atoms with E-state index in [4.69, 9.17) is 11.6 Å². The van der Waals surface area contributed by atoms with Crippen molar-refractivity contribution in [2.75, 3.05) is 5.32 Å². The van der Waals surface area contributed by atoms with Crippen molar-refractivity contribution >= 4 is 39.7 Å². The zero-order valence-corrected chi connectivity index (χ0v) is 18.9. The molecule has 0 aliphatic heterocycles. The topological polar surface area (TPSA) is 62.2 Å². The van der Waals surface area contributed by atoms with Crippen LogP contribution in [0.5, 0.6) is 0 Å². The van der Waals surface area contributed by atoms with Crippen molar-refractivity contribution in [3.63, 3.8) is 0 Å². The Balaban J connectivity index is 1.89. The first kappa shape index (κ1) is 22.0. The molecular weight excluding hydrogens is 420 g/mol. The summed E-state index contributed by atoms with van der Waals surface area (Å²) in [4.78, 5) is 17.5. The van der Waals surface area contributed by atoms with Crippen molar-refractivity contribution in [3.05, 3.63) is 100 Å². The summed E-state index contributed by atoms with van der Waals surface area (Å²) in [5, 5.41) is 16.0. The standard InChI is InChI=1S/C27H25ClN2O2/c1-3-7-24(31)22-16-29-25-20(26(22)30-23-11-5-4-8-17(23)2)9-6-10-21(25)27(32)18-12-14-19(28)15-13-18/h4-6,8-16,27,32H,3,7H2,1-2H3,(H,29,30). The number of anilines is 2. The molecule has 5 heteroatoms. The van der Waals surface area contributed by atoms with Crippen LogP contribution >= 0.6 is 11.6 Å².